The van der Waals surface area contributed by atoms with Crippen LogP contribution in [-0.4, -0.2) is 11.1 Å². The lowest BCUT2D eigenvalue weighted by Crippen LogP contribution is -2.15. The molecule has 0 aromatic carbocycles. The Balaban J connectivity index is 2.31. The Kier molecular flexibility index (Phi) is 6.51. The minimum Gasteiger partial charge on any atom is -0.481 e. The first-order valence-electron chi connectivity index (χ1n) is 6.94. The SMILES string of the molecule is CCCCC(CC(=O)O)CC1CCCCC1. The van der Waals surface area contributed by atoms with E-state index in [1.807, 2.05) is 0 Å². The number of hydrogen-bond donors (Lipinski definition) is 1. The molecule has 1 unspecified atom stereocenters. The second kappa shape index (κ2) is 7.70. The van der Waals surface area contributed by atoms with Crippen molar-refractivity contribution in [3.05, 3.63) is 0 Å². The van der Waals surface area contributed by atoms with Crippen LogP contribution in [0, 0.1) is 11.8 Å². The molecule has 1 aliphatic rings. The summed E-state index contributed by atoms with van der Waals surface area (Å²) < 4.78 is 0. The van der Waals surface area contributed by atoms with Crippen LogP contribution in [0.1, 0.15) is 71.1 Å². The maximum absolute atomic E-state index is 10.8. The molecule has 2 nitrogen and oxygen atoms in total. The Bertz CT molecular complexity index is 195. The number of aliphatic carboxylic acids is 1. The molecule has 0 bridgehead atoms. The van der Waals surface area contributed by atoms with Crippen LogP contribution < -0.4 is 0 Å². The van der Waals surface area contributed by atoms with E-state index in [0.29, 0.717) is 12.3 Å². The van der Waals surface area contributed by atoms with E-state index in [0.717, 1.165) is 18.8 Å². The third kappa shape index (κ3) is 5.53. The van der Waals surface area contributed by atoms with Gasteiger partial charge in [-0.15, -0.1) is 0 Å². The standard InChI is InChI=1S/C14H26O2/c1-2-3-7-13(11-14(15)16)10-12-8-5-4-6-9-12/h12-13H,2-11H2,1H3,(H,15,16). The molecule has 0 aliphatic heterocycles. The topological polar surface area (TPSA) is 37.3 Å². The smallest absolute Gasteiger partial charge is 0.303 e. The monoisotopic (exact) mass is 226 g/mol. The van der Waals surface area contributed by atoms with Gasteiger partial charge in [-0.05, 0) is 24.7 Å². The first-order valence-corrected chi connectivity index (χ1v) is 6.94. The van der Waals surface area contributed by atoms with Gasteiger partial charge in [0.05, 0.1) is 0 Å². The molecule has 0 aromatic rings. The van der Waals surface area contributed by atoms with Gasteiger partial charge in [-0.3, -0.25) is 4.79 Å². The zero-order chi connectivity index (χ0) is 11.8. The molecule has 0 amide bonds. The third-order valence-electron chi connectivity index (χ3n) is 3.82. The molecule has 2 heteroatoms. The summed E-state index contributed by atoms with van der Waals surface area (Å²) in [5.74, 6) is 0.632. The van der Waals surface area contributed by atoms with Gasteiger partial charge in [0.2, 0.25) is 0 Å². The molecule has 0 saturated heterocycles. The van der Waals surface area contributed by atoms with Gasteiger partial charge < -0.3 is 5.11 Å². The number of rotatable bonds is 7. The third-order valence-corrected chi connectivity index (χ3v) is 3.82. The highest BCUT2D eigenvalue weighted by Gasteiger charge is 2.20. The predicted molar refractivity (Wildman–Crippen MR) is 66.5 cm³/mol. The normalized spacial score (nSPS) is 19.6. The highest BCUT2D eigenvalue weighted by atomic mass is 16.4. The molecule has 1 rings (SSSR count). The average molecular weight is 226 g/mol. The first kappa shape index (κ1) is 13.5. The van der Waals surface area contributed by atoms with Crippen molar-refractivity contribution in [1.82, 2.24) is 0 Å². The molecule has 0 radical (unpaired) electrons. The van der Waals surface area contributed by atoms with E-state index in [-0.39, 0.29) is 0 Å². The summed E-state index contributed by atoms with van der Waals surface area (Å²) in [6.45, 7) is 2.18. The Morgan fingerprint density at radius 3 is 2.56 bits per heavy atom. The van der Waals surface area contributed by atoms with Crippen LogP contribution in [-0.2, 0) is 4.79 Å². The Labute approximate surface area is 99.4 Å². The van der Waals surface area contributed by atoms with Gasteiger partial charge in [-0.1, -0.05) is 51.9 Å². The zero-order valence-electron chi connectivity index (χ0n) is 10.6. The van der Waals surface area contributed by atoms with Gasteiger partial charge in [0.1, 0.15) is 0 Å². The van der Waals surface area contributed by atoms with Crippen LogP contribution in [0.25, 0.3) is 0 Å². The second-order valence-electron chi connectivity index (χ2n) is 5.35. The van der Waals surface area contributed by atoms with E-state index in [1.165, 1.54) is 44.9 Å². The predicted octanol–water partition coefficient (Wildman–Crippen LogP) is 4.24. The van der Waals surface area contributed by atoms with E-state index >= 15 is 0 Å². The molecule has 1 atom stereocenters. The summed E-state index contributed by atoms with van der Waals surface area (Å²) >= 11 is 0. The van der Waals surface area contributed by atoms with Gasteiger partial charge in [0.15, 0.2) is 0 Å². The summed E-state index contributed by atoms with van der Waals surface area (Å²) in [6, 6.07) is 0. The summed E-state index contributed by atoms with van der Waals surface area (Å²) in [4.78, 5) is 10.8. The molecule has 1 aliphatic carbocycles. The van der Waals surface area contributed by atoms with Crippen molar-refractivity contribution in [1.29, 1.82) is 0 Å². The fourth-order valence-electron chi connectivity index (χ4n) is 2.94. The largest absolute Gasteiger partial charge is 0.481 e. The Morgan fingerprint density at radius 2 is 2.00 bits per heavy atom. The van der Waals surface area contributed by atoms with Gasteiger partial charge in [0, 0.05) is 6.42 Å². The fraction of sp³-hybridized carbons (Fsp3) is 0.929. The van der Waals surface area contributed by atoms with Crippen molar-refractivity contribution in [2.45, 2.75) is 71.1 Å². The summed E-state index contributed by atoms with van der Waals surface area (Å²) in [7, 11) is 0. The molecule has 0 aromatic heterocycles. The average Bonchev–Trinajstić information content (AvgIpc) is 2.26. The van der Waals surface area contributed by atoms with E-state index < -0.39 is 5.97 Å². The lowest BCUT2D eigenvalue weighted by atomic mass is 9.80. The van der Waals surface area contributed by atoms with E-state index in [1.54, 1.807) is 0 Å². The molecule has 1 fully saturated rings. The minimum atomic E-state index is -0.614. The van der Waals surface area contributed by atoms with Crippen molar-refractivity contribution in [3.8, 4) is 0 Å². The fourth-order valence-corrected chi connectivity index (χ4v) is 2.94. The number of hydrogen-bond acceptors (Lipinski definition) is 1. The maximum Gasteiger partial charge on any atom is 0.303 e. The van der Waals surface area contributed by atoms with Gasteiger partial charge in [0.25, 0.3) is 0 Å². The molecule has 16 heavy (non-hydrogen) atoms. The summed E-state index contributed by atoms with van der Waals surface area (Å²) in [5.41, 5.74) is 0. The van der Waals surface area contributed by atoms with Gasteiger partial charge in [-0.2, -0.15) is 0 Å². The lowest BCUT2D eigenvalue weighted by Gasteiger charge is -2.25. The van der Waals surface area contributed by atoms with Crippen LogP contribution in [0.4, 0.5) is 0 Å². The molecular formula is C14H26O2. The van der Waals surface area contributed by atoms with Crippen molar-refractivity contribution in [2.24, 2.45) is 11.8 Å². The summed E-state index contributed by atoms with van der Waals surface area (Å²) in [6.07, 6.45) is 11.8. The lowest BCUT2D eigenvalue weighted by molar-refractivity contribution is -0.138. The van der Waals surface area contributed by atoms with Crippen LogP contribution >= 0.6 is 0 Å². The molecule has 0 spiro atoms. The van der Waals surface area contributed by atoms with Crippen molar-refractivity contribution in [2.75, 3.05) is 0 Å². The van der Waals surface area contributed by atoms with Crippen molar-refractivity contribution >= 4 is 5.97 Å². The Morgan fingerprint density at radius 1 is 1.31 bits per heavy atom. The van der Waals surface area contributed by atoms with Crippen LogP contribution in [0.5, 0.6) is 0 Å². The van der Waals surface area contributed by atoms with E-state index in [4.69, 9.17) is 5.11 Å². The number of carboxylic acids is 1. The van der Waals surface area contributed by atoms with Crippen molar-refractivity contribution in [3.63, 3.8) is 0 Å². The van der Waals surface area contributed by atoms with Crippen LogP contribution in [0.3, 0.4) is 0 Å². The quantitative estimate of drug-likeness (QED) is 0.705. The van der Waals surface area contributed by atoms with Crippen LogP contribution in [0.2, 0.25) is 0 Å². The van der Waals surface area contributed by atoms with Gasteiger partial charge in [-0.25, -0.2) is 0 Å². The molecule has 1 saturated carbocycles. The Hall–Kier alpha value is -0.530. The maximum atomic E-state index is 10.8. The molecule has 1 N–H and O–H groups in total. The highest BCUT2D eigenvalue weighted by Crippen LogP contribution is 2.31. The van der Waals surface area contributed by atoms with Gasteiger partial charge >= 0.3 is 5.97 Å². The number of unbranched alkanes of at least 4 members (excludes halogenated alkanes) is 1. The molecule has 0 heterocycles. The molecule has 94 valence electrons. The van der Waals surface area contributed by atoms with E-state index in [9.17, 15) is 4.79 Å². The minimum absolute atomic E-state index is 0.385. The van der Waals surface area contributed by atoms with Crippen LogP contribution in [0.15, 0.2) is 0 Å². The number of carboxylic acid groups (broad SMARTS) is 1. The highest BCUT2D eigenvalue weighted by molar-refractivity contribution is 5.66. The first-order chi connectivity index (χ1) is 7.72. The zero-order valence-corrected chi connectivity index (χ0v) is 10.6. The van der Waals surface area contributed by atoms with E-state index in [2.05, 4.69) is 6.92 Å². The number of carbonyl (C=O) groups is 1. The molecular weight excluding hydrogens is 200 g/mol. The second-order valence-corrected chi connectivity index (χ2v) is 5.35. The summed E-state index contributed by atoms with van der Waals surface area (Å²) in [5, 5.41) is 8.91. The van der Waals surface area contributed by atoms with Crippen molar-refractivity contribution < 1.29 is 9.90 Å².